The summed E-state index contributed by atoms with van der Waals surface area (Å²) in [6, 6.07) is 15.5. The SMILES string of the molecule is CCN(Cc1ccccc1)C(=O)c1cc(N)ccc1C. The van der Waals surface area contributed by atoms with Crippen molar-refractivity contribution in [3.8, 4) is 0 Å². The van der Waals surface area contributed by atoms with E-state index in [-0.39, 0.29) is 5.91 Å². The molecule has 0 radical (unpaired) electrons. The molecular formula is C17H20N2O. The molecule has 2 aromatic carbocycles. The Morgan fingerprint density at radius 1 is 1.15 bits per heavy atom. The predicted molar refractivity (Wildman–Crippen MR) is 82.4 cm³/mol. The van der Waals surface area contributed by atoms with Crippen LogP contribution in [0.25, 0.3) is 0 Å². The number of rotatable bonds is 4. The van der Waals surface area contributed by atoms with Gasteiger partial charge in [0.05, 0.1) is 0 Å². The number of nitrogens with two attached hydrogens (primary N) is 1. The first-order chi connectivity index (χ1) is 9.61. The number of aryl methyl sites for hydroxylation is 1. The van der Waals surface area contributed by atoms with Crippen LogP contribution in [-0.2, 0) is 6.54 Å². The Hall–Kier alpha value is -2.29. The summed E-state index contributed by atoms with van der Waals surface area (Å²) in [7, 11) is 0. The normalized spacial score (nSPS) is 10.3. The maximum Gasteiger partial charge on any atom is 0.254 e. The number of carbonyl (C=O) groups is 1. The molecule has 0 saturated heterocycles. The first-order valence-corrected chi connectivity index (χ1v) is 6.81. The van der Waals surface area contributed by atoms with Crippen LogP contribution in [0.4, 0.5) is 5.69 Å². The van der Waals surface area contributed by atoms with E-state index in [0.29, 0.717) is 24.3 Å². The minimum atomic E-state index is 0.0288. The molecule has 0 saturated carbocycles. The average Bonchev–Trinajstić information content (AvgIpc) is 2.47. The second-order valence-corrected chi connectivity index (χ2v) is 4.88. The highest BCUT2D eigenvalue weighted by Gasteiger charge is 2.16. The smallest absolute Gasteiger partial charge is 0.254 e. The van der Waals surface area contributed by atoms with Crippen LogP contribution in [0.2, 0.25) is 0 Å². The summed E-state index contributed by atoms with van der Waals surface area (Å²) in [5.41, 5.74) is 9.18. The molecule has 0 aliphatic rings. The number of benzene rings is 2. The van der Waals surface area contributed by atoms with Crippen LogP contribution in [0, 0.1) is 6.92 Å². The van der Waals surface area contributed by atoms with Gasteiger partial charge in [-0.15, -0.1) is 0 Å². The van der Waals surface area contributed by atoms with E-state index in [9.17, 15) is 4.79 Å². The molecule has 0 unspecified atom stereocenters. The highest BCUT2D eigenvalue weighted by atomic mass is 16.2. The molecule has 1 amide bonds. The summed E-state index contributed by atoms with van der Waals surface area (Å²) in [6.45, 7) is 5.21. The minimum absolute atomic E-state index is 0.0288. The second-order valence-electron chi connectivity index (χ2n) is 4.88. The van der Waals surface area contributed by atoms with E-state index in [1.165, 1.54) is 0 Å². The number of anilines is 1. The molecule has 2 aromatic rings. The van der Waals surface area contributed by atoms with Crippen molar-refractivity contribution in [2.75, 3.05) is 12.3 Å². The van der Waals surface area contributed by atoms with Crippen LogP contribution in [0.5, 0.6) is 0 Å². The van der Waals surface area contributed by atoms with Gasteiger partial charge in [0.25, 0.3) is 5.91 Å². The Morgan fingerprint density at radius 2 is 1.85 bits per heavy atom. The summed E-state index contributed by atoms with van der Waals surface area (Å²) < 4.78 is 0. The number of amides is 1. The number of hydrogen-bond acceptors (Lipinski definition) is 2. The van der Waals surface area contributed by atoms with Crippen LogP contribution < -0.4 is 5.73 Å². The molecule has 0 aliphatic heterocycles. The summed E-state index contributed by atoms with van der Waals surface area (Å²) in [5, 5.41) is 0. The van der Waals surface area contributed by atoms with Crippen LogP contribution in [0.15, 0.2) is 48.5 Å². The van der Waals surface area contributed by atoms with Crippen molar-refractivity contribution in [2.45, 2.75) is 20.4 Å². The molecule has 104 valence electrons. The van der Waals surface area contributed by atoms with Crippen molar-refractivity contribution in [3.63, 3.8) is 0 Å². The lowest BCUT2D eigenvalue weighted by Gasteiger charge is -2.22. The maximum absolute atomic E-state index is 12.6. The third-order valence-corrected chi connectivity index (χ3v) is 3.38. The third-order valence-electron chi connectivity index (χ3n) is 3.38. The lowest BCUT2D eigenvalue weighted by atomic mass is 10.1. The van der Waals surface area contributed by atoms with Gasteiger partial charge in [-0.05, 0) is 37.1 Å². The molecule has 2 N–H and O–H groups in total. The lowest BCUT2D eigenvalue weighted by molar-refractivity contribution is 0.0752. The molecule has 20 heavy (non-hydrogen) atoms. The Balaban J connectivity index is 2.23. The molecule has 0 atom stereocenters. The van der Waals surface area contributed by atoms with E-state index in [0.717, 1.165) is 11.1 Å². The van der Waals surface area contributed by atoms with Crippen LogP contribution in [0.3, 0.4) is 0 Å². The van der Waals surface area contributed by atoms with E-state index in [1.54, 1.807) is 6.07 Å². The number of hydrogen-bond donors (Lipinski definition) is 1. The third kappa shape index (κ3) is 3.18. The zero-order valence-electron chi connectivity index (χ0n) is 12.0. The van der Waals surface area contributed by atoms with Crippen molar-refractivity contribution in [2.24, 2.45) is 0 Å². The molecule has 0 aromatic heterocycles. The highest BCUT2D eigenvalue weighted by Crippen LogP contribution is 2.16. The largest absolute Gasteiger partial charge is 0.399 e. The van der Waals surface area contributed by atoms with Gasteiger partial charge in [-0.2, -0.15) is 0 Å². The zero-order valence-corrected chi connectivity index (χ0v) is 12.0. The van der Waals surface area contributed by atoms with Gasteiger partial charge in [0.15, 0.2) is 0 Å². The fourth-order valence-corrected chi connectivity index (χ4v) is 2.17. The van der Waals surface area contributed by atoms with Gasteiger partial charge in [0.2, 0.25) is 0 Å². The van der Waals surface area contributed by atoms with Crippen molar-refractivity contribution in [1.82, 2.24) is 4.90 Å². The molecule has 0 bridgehead atoms. The van der Waals surface area contributed by atoms with Crippen LogP contribution in [-0.4, -0.2) is 17.4 Å². The zero-order chi connectivity index (χ0) is 14.5. The minimum Gasteiger partial charge on any atom is -0.399 e. The predicted octanol–water partition coefficient (Wildman–Crippen LogP) is 3.24. The van der Waals surface area contributed by atoms with Crippen LogP contribution in [0.1, 0.15) is 28.4 Å². The quantitative estimate of drug-likeness (QED) is 0.865. The van der Waals surface area contributed by atoms with Gasteiger partial charge in [0, 0.05) is 24.3 Å². The van der Waals surface area contributed by atoms with E-state index >= 15 is 0 Å². The van der Waals surface area contributed by atoms with Gasteiger partial charge in [-0.1, -0.05) is 36.4 Å². The molecule has 3 heteroatoms. The molecule has 0 heterocycles. The Bertz CT molecular complexity index is 593. The van der Waals surface area contributed by atoms with Crippen LogP contribution >= 0.6 is 0 Å². The number of nitrogen functional groups attached to an aromatic ring is 1. The first-order valence-electron chi connectivity index (χ1n) is 6.81. The Labute approximate surface area is 120 Å². The Kier molecular flexibility index (Phi) is 4.41. The first kappa shape index (κ1) is 14.1. The van der Waals surface area contributed by atoms with Crippen molar-refractivity contribution in [3.05, 3.63) is 65.2 Å². The van der Waals surface area contributed by atoms with Gasteiger partial charge in [0.1, 0.15) is 0 Å². The molecule has 0 fully saturated rings. The van der Waals surface area contributed by atoms with Crippen molar-refractivity contribution >= 4 is 11.6 Å². The van der Waals surface area contributed by atoms with E-state index in [1.807, 2.05) is 61.2 Å². The summed E-state index contributed by atoms with van der Waals surface area (Å²) in [5.74, 6) is 0.0288. The highest BCUT2D eigenvalue weighted by molar-refractivity contribution is 5.96. The summed E-state index contributed by atoms with van der Waals surface area (Å²) in [6.07, 6.45) is 0. The van der Waals surface area contributed by atoms with Gasteiger partial charge >= 0.3 is 0 Å². The summed E-state index contributed by atoms with van der Waals surface area (Å²) >= 11 is 0. The monoisotopic (exact) mass is 268 g/mol. The van der Waals surface area contributed by atoms with Crippen molar-refractivity contribution in [1.29, 1.82) is 0 Å². The molecular weight excluding hydrogens is 248 g/mol. The topological polar surface area (TPSA) is 46.3 Å². The number of carbonyl (C=O) groups excluding carboxylic acids is 1. The van der Waals surface area contributed by atoms with E-state index in [4.69, 9.17) is 5.73 Å². The molecule has 2 rings (SSSR count). The van der Waals surface area contributed by atoms with Crippen molar-refractivity contribution < 1.29 is 4.79 Å². The maximum atomic E-state index is 12.6. The summed E-state index contributed by atoms with van der Waals surface area (Å²) in [4.78, 5) is 14.5. The fraction of sp³-hybridized carbons (Fsp3) is 0.235. The fourth-order valence-electron chi connectivity index (χ4n) is 2.17. The molecule has 3 nitrogen and oxygen atoms in total. The van der Waals surface area contributed by atoms with Gasteiger partial charge in [-0.3, -0.25) is 4.79 Å². The van der Waals surface area contributed by atoms with E-state index in [2.05, 4.69) is 0 Å². The van der Waals surface area contributed by atoms with Gasteiger partial charge in [-0.25, -0.2) is 0 Å². The average molecular weight is 268 g/mol. The molecule has 0 aliphatic carbocycles. The molecule has 0 spiro atoms. The van der Waals surface area contributed by atoms with Gasteiger partial charge < -0.3 is 10.6 Å². The number of nitrogens with zero attached hydrogens (tertiary/aromatic N) is 1. The Morgan fingerprint density at radius 3 is 2.50 bits per heavy atom. The lowest BCUT2D eigenvalue weighted by Crippen LogP contribution is -2.30. The standard InChI is InChI=1S/C17H20N2O/c1-3-19(12-14-7-5-4-6-8-14)17(20)16-11-15(18)10-9-13(16)2/h4-11H,3,12,18H2,1-2H3. The van der Waals surface area contributed by atoms with E-state index < -0.39 is 0 Å². The second kappa shape index (κ2) is 6.24.